The number of carbonyl (C=O) groups is 3. The Morgan fingerprint density at radius 3 is 2.20 bits per heavy atom. The molecule has 0 radical (unpaired) electrons. The minimum atomic E-state index is -1.25. The molecule has 8 atom stereocenters. The normalized spacial score (nSPS) is 27.9. The largest absolute Gasteiger partial charge is 0.481 e. The number of alkyl carbamates (subject to hydrolysis) is 1. The van der Waals surface area contributed by atoms with Crippen molar-refractivity contribution in [3.05, 3.63) is 35.9 Å². The van der Waals surface area contributed by atoms with Crippen LogP contribution in [-0.4, -0.2) is 66.0 Å². The molecule has 0 spiro atoms. The van der Waals surface area contributed by atoms with Crippen LogP contribution in [0.3, 0.4) is 0 Å². The summed E-state index contributed by atoms with van der Waals surface area (Å²) in [5.41, 5.74) is 0.584. The number of hydrogen-bond donors (Lipinski definition) is 4. The van der Waals surface area contributed by atoms with Gasteiger partial charge in [-0.1, -0.05) is 71.9 Å². The maximum atomic E-state index is 13.7. The first-order valence-electron chi connectivity index (χ1n) is 16.2. The van der Waals surface area contributed by atoms with Crippen molar-refractivity contribution in [2.24, 2.45) is 29.1 Å². The van der Waals surface area contributed by atoms with Gasteiger partial charge < -0.3 is 35.1 Å². The fraction of sp³-hybridized carbons (Fsp3) is 0.727. The zero-order chi connectivity index (χ0) is 32.4. The summed E-state index contributed by atoms with van der Waals surface area (Å²) in [5.74, 6) is -0.309. The first kappa shape index (κ1) is 34.3. The van der Waals surface area contributed by atoms with Gasteiger partial charge in [0.2, 0.25) is 11.8 Å². The molecule has 1 heterocycles. The molecule has 1 aromatic rings. The second-order valence-electron chi connectivity index (χ2n) is 14.7. The van der Waals surface area contributed by atoms with E-state index < -0.39 is 54.8 Å². The monoisotopic (exact) mass is 613 g/mol. The summed E-state index contributed by atoms with van der Waals surface area (Å²) in [7, 11) is -0.633. The minimum Gasteiger partial charge on any atom is -0.445 e. The zero-order valence-electron chi connectivity index (χ0n) is 27.6. The van der Waals surface area contributed by atoms with Crippen molar-refractivity contribution < 1.29 is 33.5 Å². The van der Waals surface area contributed by atoms with Gasteiger partial charge in [-0.15, -0.1) is 0 Å². The van der Waals surface area contributed by atoms with Crippen LogP contribution < -0.4 is 16.0 Å². The molecule has 4 fully saturated rings. The molecule has 1 saturated heterocycles. The van der Waals surface area contributed by atoms with Crippen molar-refractivity contribution in [2.45, 2.75) is 124 Å². The van der Waals surface area contributed by atoms with E-state index in [1.807, 2.05) is 44.2 Å². The quantitative estimate of drug-likeness (QED) is 0.247. The van der Waals surface area contributed by atoms with Gasteiger partial charge in [-0.25, -0.2) is 4.79 Å². The van der Waals surface area contributed by atoms with Gasteiger partial charge in [0.15, 0.2) is 0 Å². The topological polar surface area (TPSA) is 135 Å². The molecule has 44 heavy (non-hydrogen) atoms. The van der Waals surface area contributed by atoms with E-state index in [0.717, 1.165) is 18.4 Å². The molecule has 244 valence electrons. The standard InChI is InChI=1S/C33H52BN3O7/c1-19(2)14-24(35-31(41)42-18-22-12-10-9-11-13-22)29(39)37-28(21(5)38)30(40)36-27(15-20(3)4)34-43-26-17-23-16-25(32(23,6)7)33(26,8)44-34/h9-13,19-21,23-28,38H,14-18H2,1-8H3,(H,35,41)(H,36,40)(H,37,39)/t21-,23+,24+,25+,26-,27+,28+,33+/m1/s1. The van der Waals surface area contributed by atoms with E-state index in [2.05, 4.69) is 50.6 Å². The highest BCUT2D eigenvalue weighted by Gasteiger charge is 2.68. The van der Waals surface area contributed by atoms with Crippen LogP contribution in [0.25, 0.3) is 0 Å². The fourth-order valence-corrected chi connectivity index (χ4v) is 7.36. The molecule has 4 N–H and O–H groups in total. The van der Waals surface area contributed by atoms with Crippen molar-refractivity contribution in [3.63, 3.8) is 0 Å². The Kier molecular flexibility index (Phi) is 10.7. The number of ether oxygens (including phenoxy) is 1. The number of rotatable bonds is 13. The van der Waals surface area contributed by atoms with Crippen LogP contribution in [0.4, 0.5) is 4.79 Å². The van der Waals surface area contributed by atoms with Crippen LogP contribution in [0.15, 0.2) is 30.3 Å². The van der Waals surface area contributed by atoms with Gasteiger partial charge in [-0.3, -0.25) is 9.59 Å². The van der Waals surface area contributed by atoms with Crippen molar-refractivity contribution in [1.82, 2.24) is 16.0 Å². The summed E-state index contributed by atoms with van der Waals surface area (Å²) in [6.07, 6.45) is 1.01. The van der Waals surface area contributed by atoms with Crippen molar-refractivity contribution in [2.75, 3.05) is 0 Å². The van der Waals surface area contributed by atoms with Crippen LogP contribution in [0.5, 0.6) is 0 Å². The Morgan fingerprint density at radius 2 is 1.61 bits per heavy atom. The molecule has 0 unspecified atom stereocenters. The second kappa shape index (κ2) is 13.8. The van der Waals surface area contributed by atoms with E-state index in [4.69, 9.17) is 14.0 Å². The van der Waals surface area contributed by atoms with Crippen LogP contribution in [0, 0.1) is 29.1 Å². The smallest absolute Gasteiger partial charge is 0.445 e. The summed E-state index contributed by atoms with van der Waals surface area (Å²) in [6, 6.07) is 7.03. The molecule has 5 rings (SSSR count). The van der Waals surface area contributed by atoms with Crippen LogP contribution >= 0.6 is 0 Å². The Labute approximate surface area is 262 Å². The highest BCUT2D eigenvalue weighted by molar-refractivity contribution is 6.48. The Balaban J connectivity index is 1.41. The molecule has 1 aromatic carbocycles. The summed E-state index contributed by atoms with van der Waals surface area (Å²) in [6.45, 7) is 16.2. The molecular weight excluding hydrogens is 561 g/mol. The molecule has 1 aliphatic heterocycles. The number of carbonyl (C=O) groups excluding carboxylic acids is 3. The molecule has 3 saturated carbocycles. The number of aliphatic hydroxyl groups excluding tert-OH is 1. The van der Waals surface area contributed by atoms with Crippen LogP contribution in [-0.2, 0) is 30.2 Å². The third-order valence-corrected chi connectivity index (χ3v) is 9.94. The van der Waals surface area contributed by atoms with Crippen molar-refractivity contribution >= 4 is 25.0 Å². The summed E-state index contributed by atoms with van der Waals surface area (Å²) in [5, 5.41) is 19.0. The lowest BCUT2D eigenvalue weighted by atomic mass is 9.43. The third-order valence-electron chi connectivity index (χ3n) is 9.94. The third kappa shape index (κ3) is 7.60. The molecule has 3 aliphatic carbocycles. The van der Waals surface area contributed by atoms with Crippen molar-refractivity contribution in [3.8, 4) is 0 Å². The minimum absolute atomic E-state index is 0.0346. The molecule has 11 heteroatoms. The van der Waals surface area contributed by atoms with E-state index in [1.54, 1.807) is 0 Å². The fourth-order valence-electron chi connectivity index (χ4n) is 7.36. The molecule has 10 nitrogen and oxygen atoms in total. The first-order valence-corrected chi connectivity index (χ1v) is 16.2. The first-order chi connectivity index (χ1) is 20.6. The Bertz CT molecular complexity index is 1160. The Morgan fingerprint density at radius 1 is 0.955 bits per heavy atom. The molecule has 4 aliphatic rings. The van der Waals surface area contributed by atoms with E-state index in [0.29, 0.717) is 24.7 Å². The predicted octanol–water partition coefficient (Wildman–Crippen LogP) is 3.99. The molecule has 0 aromatic heterocycles. The van der Waals surface area contributed by atoms with E-state index >= 15 is 0 Å². The molecular formula is C33H52BN3O7. The molecule has 2 bridgehead atoms. The lowest BCUT2D eigenvalue weighted by Gasteiger charge is -2.64. The van der Waals surface area contributed by atoms with Crippen molar-refractivity contribution in [1.29, 1.82) is 0 Å². The summed E-state index contributed by atoms with van der Waals surface area (Å²) < 4.78 is 18.5. The highest BCUT2D eigenvalue weighted by Crippen LogP contribution is 2.65. The van der Waals surface area contributed by atoms with E-state index in [-0.39, 0.29) is 30.0 Å². The van der Waals surface area contributed by atoms with E-state index in [1.165, 1.54) is 6.92 Å². The number of hydrogen-bond acceptors (Lipinski definition) is 7. The average Bonchev–Trinajstić information content (AvgIpc) is 3.31. The summed E-state index contributed by atoms with van der Waals surface area (Å²) >= 11 is 0. The second-order valence-corrected chi connectivity index (χ2v) is 14.7. The van der Waals surface area contributed by atoms with Gasteiger partial charge in [-0.2, -0.15) is 0 Å². The van der Waals surface area contributed by atoms with Gasteiger partial charge in [0.25, 0.3) is 0 Å². The average molecular weight is 614 g/mol. The maximum absolute atomic E-state index is 13.7. The highest BCUT2D eigenvalue weighted by atomic mass is 16.7. The van der Waals surface area contributed by atoms with Gasteiger partial charge in [0, 0.05) is 0 Å². The Hall–Kier alpha value is -2.63. The number of aliphatic hydroxyl groups is 1. The lowest BCUT2D eigenvalue weighted by Crippen LogP contribution is -2.65. The maximum Gasteiger partial charge on any atom is 0.481 e. The number of benzene rings is 1. The van der Waals surface area contributed by atoms with Crippen LogP contribution in [0.1, 0.15) is 86.6 Å². The number of nitrogens with one attached hydrogen (secondary N) is 3. The lowest BCUT2D eigenvalue weighted by molar-refractivity contribution is -0.199. The SMILES string of the molecule is CC(C)C[C@H](NC(=O)[C@@H](NC(=O)[C@H](CC(C)C)NC(=O)OCc1ccccc1)[C@@H](C)O)B1O[C@@H]2C[C@@H]3C[C@@H](C3(C)C)[C@]2(C)O1. The van der Waals surface area contributed by atoms with Gasteiger partial charge in [-0.05, 0) is 74.2 Å². The van der Waals surface area contributed by atoms with Crippen LogP contribution in [0.2, 0.25) is 0 Å². The predicted molar refractivity (Wildman–Crippen MR) is 168 cm³/mol. The van der Waals surface area contributed by atoms with Gasteiger partial charge in [0.05, 0.1) is 23.8 Å². The molecule has 3 amide bonds. The van der Waals surface area contributed by atoms with E-state index in [9.17, 15) is 19.5 Å². The van der Waals surface area contributed by atoms with Gasteiger partial charge in [0.1, 0.15) is 18.7 Å². The number of amides is 3. The zero-order valence-corrected chi connectivity index (χ0v) is 27.6. The van der Waals surface area contributed by atoms with Gasteiger partial charge >= 0.3 is 13.2 Å². The summed E-state index contributed by atoms with van der Waals surface area (Å²) in [4.78, 5) is 39.7.